The Kier molecular flexibility index (Phi) is 5.48. The number of likely N-dealkylation sites (N-methyl/N-ethyl adjacent to an activating group) is 1. The third-order valence-corrected chi connectivity index (χ3v) is 3.60. The Morgan fingerprint density at radius 2 is 1.92 bits per heavy atom. The van der Waals surface area contributed by atoms with E-state index in [2.05, 4.69) is 15.5 Å². The van der Waals surface area contributed by atoms with Gasteiger partial charge in [0.1, 0.15) is 11.5 Å². The van der Waals surface area contributed by atoms with E-state index in [-0.39, 0.29) is 12.5 Å². The lowest BCUT2D eigenvalue weighted by Crippen LogP contribution is -2.28. The van der Waals surface area contributed by atoms with Crippen molar-refractivity contribution in [1.82, 2.24) is 15.5 Å². The van der Waals surface area contributed by atoms with Crippen molar-refractivity contribution in [3.8, 4) is 34.3 Å². The summed E-state index contributed by atoms with van der Waals surface area (Å²) in [6.07, 6.45) is 0. The maximum atomic E-state index is 11.5. The van der Waals surface area contributed by atoms with Crippen LogP contribution < -0.4 is 14.8 Å². The molecule has 0 aliphatic carbocycles. The number of amides is 1. The molecular formula is C19H19N3O4. The van der Waals surface area contributed by atoms with Crippen molar-refractivity contribution >= 4 is 5.91 Å². The van der Waals surface area contributed by atoms with E-state index >= 15 is 0 Å². The molecule has 0 saturated carbocycles. The minimum absolute atomic E-state index is 0.0434. The Bertz CT molecular complexity index is 875. The highest BCUT2D eigenvalue weighted by Gasteiger charge is 2.12. The highest BCUT2D eigenvalue weighted by Crippen LogP contribution is 2.26. The Balaban J connectivity index is 1.74. The van der Waals surface area contributed by atoms with E-state index < -0.39 is 0 Å². The van der Waals surface area contributed by atoms with Crippen molar-refractivity contribution in [3.05, 3.63) is 48.5 Å². The van der Waals surface area contributed by atoms with Gasteiger partial charge in [0.2, 0.25) is 5.82 Å². The molecule has 0 spiro atoms. The van der Waals surface area contributed by atoms with E-state index in [9.17, 15) is 4.79 Å². The van der Waals surface area contributed by atoms with Crippen LogP contribution in [0.2, 0.25) is 0 Å². The van der Waals surface area contributed by atoms with Gasteiger partial charge in [-0.05, 0) is 49.4 Å². The van der Waals surface area contributed by atoms with Gasteiger partial charge in [0.05, 0.1) is 7.11 Å². The Hall–Kier alpha value is -3.35. The van der Waals surface area contributed by atoms with Gasteiger partial charge in [0.25, 0.3) is 11.8 Å². The smallest absolute Gasteiger partial charge is 0.258 e. The number of aromatic nitrogens is 2. The number of nitrogens with zero attached hydrogens (tertiary/aromatic N) is 2. The normalized spacial score (nSPS) is 10.4. The van der Waals surface area contributed by atoms with Crippen LogP contribution in [0.4, 0.5) is 0 Å². The highest BCUT2D eigenvalue weighted by molar-refractivity contribution is 5.77. The van der Waals surface area contributed by atoms with Crippen LogP contribution in [0.15, 0.2) is 53.1 Å². The lowest BCUT2D eigenvalue weighted by molar-refractivity contribution is -0.122. The lowest BCUT2D eigenvalue weighted by Gasteiger charge is -2.06. The molecule has 1 amide bonds. The van der Waals surface area contributed by atoms with Gasteiger partial charge in [-0.25, -0.2) is 0 Å². The Morgan fingerprint density at radius 1 is 1.12 bits per heavy atom. The van der Waals surface area contributed by atoms with Crippen LogP contribution in [0.3, 0.4) is 0 Å². The number of carbonyl (C=O) groups excluding carboxylic acids is 1. The molecule has 1 N–H and O–H groups in total. The number of carbonyl (C=O) groups is 1. The van der Waals surface area contributed by atoms with E-state index in [1.807, 2.05) is 37.3 Å². The first-order valence-electron chi connectivity index (χ1n) is 8.17. The van der Waals surface area contributed by atoms with E-state index in [1.165, 1.54) is 0 Å². The van der Waals surface area contributed by atoms with Crippen LogP contribution in [0.5, 0.6) is 11.5 Å². The fourth-order valence-electron chi connectivity index (χ4n) is 2.31. The van der Waals surface area contributed by atoms with Gasteiger partial charge in [0.15, 0.2) is 6.61 Å². The average molecular weight is 353 g/mol. The number of nitrogens with one attached hydrogen (secondary N) is 1. The number of benzene rings is 2. The molecule has 0 atom stereocenters. The van der Waals surface area contributed by atoms with Crippen LogP contribution >= 0.6 is 0 Å². The van der Waals surface area contributed by atoms with Gasteiger partial charge >= 0.3 is 0 Å². The summed E-state index contributed by atoms with van der Waals surface area (Å²) in [7, 11) is 1.61. The molecule has 134 valence electrons. The fourth-order valence-corrected chi connectivity index (χ4v) is 2.31. The number of hydrogen-bond donors (Lipinski definition) is 1. The van der Waals surface area contributed by atoms with Crippen molar-refractivity contribution in [2.75, 3.05) is 20.3 Å². The van der Waals surface area contributed by atoms with Crippen molar-refractivity contribution in [2.45, 2.75) is 6.92 Å². The standard InChI is InChI=1S/C19H19N3O4/c1-3-20-17(23)12-25-16-6-4-5-14(11-16)19-21-18(22-26-19)13-7-9-15(24-2)10-8-13/h4-11H,3,12H2,1-2H3,(H,20,23). The molecule has 3 rings (SSSR count). The number of methoxy groups -OCH3 is 1. The molecule has 7 nitrogen and oxygen atoms in total. The number of hydrogen-bond acceptors (Lipinski definition) is 6. The van der Waals surface area contributed by atoms with Crippen molar-refractivity contribution in [3.63, 3.8) is 0 Å². The molecule has 2 aromatic carbocycles. The molecule has 26 heavy (non-hydrogen) atoms. The molecule has 0 radical (unpaired) electrons. The SMILES string of the molecule is CCNC(=O)COc1cccc(-c2nc(-c3ccc(OC)cc3)no2)c1. The molecule has 1 aromatic heterocycles. The molecule has 0 bridgehead atoms. The number of ether oxygens (including phenoxy) is 2. The van der Waals surface area contributed by atoms with Gasteiger partial charge in [-0.3, -0.25) is 4.79 Å². The molecule has 3 aromatic rings. The summed E-state index contributed by atoms with van der Waals surface area (Å²) in [5, 5.41) is 6.69. The summed E-state index contributed by atoms with van der Waals surface area (Å²) >= 11 is 0. The van der Waals surface area contributed by atoms with Crippen LogP contribution in [0, 0.1) is 0 Å². The van der Waals surface area contributed by atoms with Crippen molar-refractivity contribution in [1.29, 1.82) is 0 Å². The molecule has 1 heterocycles. The molecule has 0 unspecified atom stereocenters. The highest BCUT2D eigenvalue weighted by atomic mass is 16.5. The molecule has 0 aliphatic rings. The molecule has 0 aliphatic heterocycles. The first-order chi connectivity index (χ1) is 12.7. The van der Waals surface area contributed by atoms with Crippen LogP contribution in [0.25, 0.3) is 22.8 Å². The summed E-state index contributed by atoms with van der Waals surface area (Å²) in [4.78, 5) is 15.9. The summed E-state index contributed by atoms with van der Waals surface area (Å²) in [6, 6.07) is 14.6. The van der Waals surface area contributed by atoms with Crippen LogP contribution in [-0.4, -0.2) is 36.3 Å². The van der Waals surface area contributed by atoms with Gasteiger partial charge in [-0.15, -0.1) is 0 Å². The van der Waals surface area contributed by atoms with E-state index in [0.717, 1.165) is 11.3 Å². The van der Waals surface area contributed by atoms with Crippen molar-refractivity contribution in [2.24, 2.45) is 0 Å². The summed E-state index contributed by atoms with van der Waals surface area (Å²) < 4.78 is 16.0. The van der Waals surface area contributed by atoms with E-state index in [4.69, 9.17) is 14.0 Å². The summed E-state index contributed by atoms with van der Waals surface area (Å²) in [5.41, 5.74) is 1.54. The Morgan fingerprint density at radius 3 is 2.65 bits per heavy atom. The van der Waals surface area contributed by atoms with E-state index in [1.54, 1.807) is 25.3 Å². The quantitative estimate of drug-likeness (QED) is 0.703. The molecule has 0 fully saturated rings. The second-order valence-corrected chi connectivity index (χ2v) is 5.42. The fraction of sp³-hybridized carbons (Fsp3) is 0.211. The topological polar surface area (TPSA) is 86.5 Å². The maximum absolute atomic E-state index is 11.5. The second kappa shape index (κ2) is 8.15. The summed E-state index contributed by atoms with van der Waals surface area (Å²) in [5.74, 6) is 2.00. The monoisotopic (exact) mass is 353 g/mol. The molecular weight excluding hydrogens is 334 g/mol. The predicted octanol–water partition coefficient (Wildman–Crippen LogP) is 2.93. The minimum atomic E-state index is -0.169. The van der Waals surface area contributed by atoms with Crippen LogP contribution in [0.1, 0.15) is 6.92 Å². The van der Waals surface area contributed by atoms with E-state index in [0.29, 0.717) is 29.6 Å². The molecule has 7 heteroatoms. The largest absolute Gasteiger partial charge is 0.497 e. The minimum Gasteiger partial charge on any atom is -0.497 e. The maximum Gasteiger partial charge on any atom is 0.258 e. The Labute approximate surface area is 150 Å². The average Bonchev–Trinajstić information content (AvgIpc) is 3.17. The third-order valence-electron chi connectivity index (χ3n) is 3.60. The zero-order valence-electron chi connectivity index (χ0n) is 14.6. The van der Waals surface area contributed by atoms with Crippen molar-refractivity contribution < 1.29 is 18.8 Å². The van der Waals surface area contributed by atoms with Gasteiger partial charge in [-0.1, -0.05) is 11.2 Å². The number of rotatable bonds is 7. The second-order valence-electron chi connectivity index (χ2n) is 5.42. The first kappa shape index (κ1) is 17.5. The predicted molar refractivity (Wildman–Crippen MR) is 95.9 cm³/mol. The lowest BCUT2D eigenvalue weighted by atomic mass is 10.2. The van der Waals surface area contributed by atoms with Gasteiger partial charge in [0, 0.05) is 17.7 Å². The third kappa shape index (κ3) is 4.18. The first-order valence-corrected chi connectivity index (χ1v) is 8.17. The van der Waals surface area contributed by atoms with Gasteiger partial charge < -0.3 is 19.3 Å². The molecule has 0 saturated heterocycles. The zero-order chi connectivity index (χ0) is 18.4. The van der Waals surface area contributed by atoms with Crippen LogP contribution in [-0.2, 0) is 4.79 Å². The zero-order valence-corrected chi connectivity index (χ0v) is 14.6. The van der Waals surface area contributed by atoms with Gasteiger partial charge in [-0.2, -0.15) is 4.98 Å². The summed E-state index contributed by atoms with van der Waals surface area (Å²) in [6.45, 7) is 2.38.